The van der Waals surface area contributed by atoms with E-state index >= 15 is 0 Å². The number of benzene rings is 1. The maximum atomic E-state index is 4.74. The van der Waals surface area contributed by atoms with Gasteiger partial charge in [0, 0.05) is 55.7 Å². The van der Waals surface area contributed by atoms with Gasteiger partial charge in [-0.05, 0) is 45.2 Å². The molecule has 148 valence electrons. The Kier molecular flexibility index (Phi) is 5.62. The molecule has 0 bridgehead atoms. The van der Waals surface area contributed by atoms with Crippen LogP contribution >= 0.6 is 0 Å². The summed E-state index contributed by atoms with van der Waals surface area (Å²) in [6.07, 6.45) is 6.37. The van der Waals surface area contributed by atoms with E-state index in [1.807, 2.05) is 12.4 Å². The molecule has 3 aromatic rings. The van der Waals surface area contributed by atoms with Crippen molar-refractivity contribution in [3.8, 4) is 0 Å². The van der Waals surface area contributed by atoms with Gasteiger partial charge >= 0.3 is 0 Å². The minimum Gasteiger partial charge on any atom is -0.328 e. The highest BCUT2D eigenvalue weighted by molar-refractivity contribution is 5.18. The fourth-order valence-corrected chi connectivity index (χ4v) is 4.34. The maximum absolute atomic E-state index is 4.74. The van der Waals surface area contributed by atoms with Crippen molar-refractivity contribution in [1.29, 1.82) is 0 Å². The fraction of sp³-hybridized carbons (Fsp3) is 0.478. The predicted octanol–water partition coefficient (Wildman–Crippen LogP) is 3.83. The van der Waals surface area contributed by atoms with Crippen LogP contribution in [-0.4, -0.2) is 37.3 Å². The number of hydrogen-bond donors (Lipinski definition) is 0. The summed E-state index contributed by atoms with van der Waals surface area (Å²) in [6, 6.07) is 10.7. The quantitative estimate of drug-likeness (QED) is 0.628. The molecule has 1 fully saturated rings. The molecule has 28 heavy (non-hydrogen) atoms. The van der Waals surface area contributed by atoms with Gasteiger partial charge in [0.15, 0.2) is 0 Å². The smallest absolute Gasteiger partial charge is 0.109 e. The normalized spacial score (nSPS) is 17.5. The number of aryl methyl sites for hydroxylation is 2. The van der Waals surface area contributed by atoms with Crippen molar-refractivity contribution in [2.75, 3.05) is 13.1 Å². The van der Waals surface area contributed by atoms with E-state index in [1.165, 1.54) is 41.3 Å². The van der Waals surface area contributed by atoms with Crippen LogP contribution in [0.2, 0.25) is 0 Å². The molecule has 1 saturated heterocycles. The Morgan fingerprint density at radius 3 is 2.64 bits per heavy atom. The van der Waals surface area contributed by atoms with Gasteiger partial charge in [-0.2, -0.15) is 5.10 Å². The summed E-state index contributed by atoms with van der Waals surface area (Å²) in [5.74, 6) is 1.90. The molecule has 1 aliphatic rings. The van der Waals surface area contributed by atoms with Crippen LogP contribution in [0.3, 0.4) is 0 Å². The number of imidazole rings is 1. The molecule has 0 radical (unpaired) electrons. The van der Waals surface area contributed by atoms with Gasteiger partial charge in [0.05, 0.1) is 6.20 Å². The third-order valence-corrected chi connectivity index (χ3v) is 6.06. The molecule has 5 heteroatoms. The molecule has 0 spiro atoms. The summed E-state index contributed by atoms with van der Waals surface area (Å²) in [4.78, 5) is 7.32. The zero-order chi connectivity index (χ0) is 19.5. The van der Waals surface area contributed by atoms with Crippen LogP contribution < -0.4 is 0 Å². The number of hydrogen-bond acceptors (Lipinski definition) is 3. The van der Waals surface area contributed by atoms with E-state index in [2.05, 4.69) is 70.4 Å². The van der Waals surface area contributed by atoms with Crippen LogP contribution in [0.4, 0.5) is 0 Å². The van der Waals surface area contributed by atoms with Crippen LogP contribution in [-0.2, 0) is 26.1 Å². The molecule has 0 N–H and O–H groups in total. The van der Waals surface area contributed by atoms with Crippen molar-refractivity contribution < 1.29 is 0 Å². The molecular formula is C23H31N5. The fourth-order valence-electron chi connectivity index (χ4n) is 4.34. The highest BCUT2D eigenvalue weighted by atomic mass is 15.3. The zero-order valence-corrected chi connectivity index (χ0v) is 17.3. The third-order valence-electron chi connectivity index (χ3n) is 6.06. The molecule has 3 heterocycles. The Morgan fingerprint density at radius 1 is 1.07 bits per heavy atom. The van der Waals surface area contributed by atoms with E-state index in [0.717, 1.165) is 32.6 Å². The van der Waals surface area contributed by atoms with Gasteiger partial charge in [0.2, 0.25) is 0 Å². The monoisotopic (exact) mass is 377 g/mol. The Labute approximate surface area is 168 Å². The van der Waals surface area contributed by atoms with Crippen LogP contribution in [0.5, 0.6) is 0 Å². The average molecular weight is 378 g/mol. The topological polar surface area (TPSA) is 38.9 Å². The van der Waals surface area contributed by atoms with Gasteiger partial charge in [-0.3, -0.25) is 9.58 Å². The minimum absolute atomic E-state index is 0.679. The largest absolute Gasteiger partial charge is 0.328 e. The molecule has 5 nitrogen and oxygen atoms in total. The Morgan fingerprint density at radius 2 is 1.89 bits per heavy atom. The predicted molar refractivity (Wildman–Crippen MR) is 112 cm³/mol. The standard InChI is InChI=1S/C23H31N5/c1-4-28-19(3)22(14-25-28)17-26-11-10-21(15-26)12-23-24-13-18(2)27(23)16-20-8-6-5-7-9-20/h5-9,13-14,21H,4,10-12,15-17H2,1-3H3. The summed E-state index contributed by atoms with van der Waals surface area (Å²) in [6.45, 7) is 11.7. The van der Waals surface area contributed by atoms with Gasteiger partial charge in [-0.25, -0.2) is 4.98 Å². The molecular weight excluding hydrogens is 346 g/mol. The third kappa shape index (κ3) is 4.04. The lowest BCUT2D eigenvalue weighted by molar-refractivity contribution is 0.314. The molecule has 4 rings (SSSR count). The molecule has 2 aromatic heterocycles. The van der Waals surface area contributed by atoms with Crippen molar-refractivity contribution in [2.24, 2.45) is 5.92 Å². The Bertz CT molecular complexity index is 908. The molecule has 0 amide bonds. The van der Waals surface area contributed by atoms with Crippen molar-refractivity contribution in [3.05, 3.63) is 71.1 Å². The Balaban J connectivity index is 1.39. The van der Waals surface area contributed by atoms with Gasteiger partial charge in [0.1, 0.15) is 5.82 Å². The second kappa shape index (κ2) is 8.31. The first-order valence-electron chi connectivity index (χ1n) is 10.4. The molecule has 1 aromatic carbocycles. The van der Waals surface area contributed by atoms with Gasteiger partial charge in [0.25, 0.3) is 0 Å². The zero-order valence-electron chi connectivity index (χ0n) is 17.3. The van der Waals surface area contributed by atoms with Crippen LogP contribution in [0.1, 0.15) is 41.7 Å². The van der Waals surface area contributed by atoms with Crippen molar-refractivity contribution >= 4 is 0 Å². The van der Waals surface area contributed by atoms with E-state index in [1.54, 1.807) is 0 Å². The van der Waals surface area contributed by atoms with Gasteiger partial charge in [-0.15, -0.1) is 0 Å². The lowest BCUT2D eigenvalue weighted by Crippen LogP contribution is -2.21. The summed E-state index contributed by atoms with van der Waals surface area (Å²) < 4.78 is 4.47. The van der Waals surface area contributed by atoms with E-state index in [4.69, 9.17) is 4.98 Å². The molecule has 0 aliphatic carbocycles. The van der Waals surface area contributed by atoms with Crippen molar-refractivity contribution in [3.63, 3.8) is 0 Å². The molecule has 1 aliphatic heterocycles. The van der Waals surface area contributed by atoms with E-state index in [0.29, 0.717) is 5.92 Å². The highest BCUT2D eigenvalue weighted by Gasteiger charge is 2.25. The highest BCUT2D eigenvalue weighted by Crippen LogP contribution is 2.24. The number of likely N-dealkylation sites (tertiary alicyclic amines) is 1. The van der Waals surface area contributed by atoms with Gasteiger partial charge in [-0.1, -0.05) is 30.3 Å². The lowest BCUT2D eigenvalue weighted by atomic mass is 10.0. The minimum atomic E-state index is 0.679. The van der Waals surface area contributed by atoms with E-state index in [-0.39, 0.29) is 0 Å². The second-order valence-electron chi connectivity index (χ2n) is 8.05. The van der Waals surface area contributed by atoms with Gasteiger partial charge < -0.3 is 4.57 Å². The summed E-state index contributed by atoms with van der Waals surface area (Å²) >= 11 is 0. The maximum Gasteiger partial charge on any atom is 0.109 e. The van der Waals surface area contributed by atoms with Crippen LogP contribution in [0.25, 0.3) is 0 Å². The van der Waals surface area contributed by atoms with E-state index in [9.17, 15) is 0 Å². The number of nitrogens with zero attached hydrogens (tertiary/aromatic N) is 5. The average Bonchev–Trinajstić information content (AvgIpc) is 3.39. The first kappa shape index (κ1) is 18.9. The first-order valence-corrected chi connectivity index (χ1v) is 10.4. The Hall–Kier alpha value is -2.40. The van der Waals surface area contributed by atoms with Crippen molar-refractivity contribution in [2.45, 2.75) is 53.2 Å². The SMILES string of the molecule is CCn1ncc(CN2CCC(Cc3ncc(C)n3Cc3ccccc3)C2)c1C. The number of aromatic nitrogens is 4. The summed E-state index contributed by atoms with van der Waals surface area (Å²) in [7, 11) is 0. The summed E-state index contributed by atoms with van der Waals surface area (Å²) in [5, 5.41) is 4.49. The van der Waals surface area contributed by atoms with E-state index < -0.39 is 0 Å². The molecule has 0 saturated carbocycles. The van der Waals surface area contributed by atoms with Crippen LogP contribution in [0.15, 0.2) is 42.7 Å². The second-order valence-corrected chi connectivity index (χ2v) is 8.05. The van der Waals surface area contributed by atoms with Crippen LogP contribution in [0, 0.1) is 19.8 Å². The van der Waals surface area contributed by atoms with Crippen molar-refractivity contribution in [1.82, 2.24) is 24.2 Å². The molecule has 1 atom stereocenters. The lowest BCUT2D eigenvalue weighted by Gasteiger charge is -2.17. The number of rotatable bonds is 7. The summed E-state index contributed by atoms with van der Waals surface area (Å²) in [5.41, 5.74) is 5.25. The molecule has 1 unspecified atom stereocenters. The first-order chi connectivity index (χ1) is 13.6.